The molecular formula is C19H22F3N5O. The minimum absolute atomic E-state index is 0.0464. The van der Waals surface area contributed by atoms with Gasteiger partial charge in [-0.05, 0) is 48.9 Å². The fourth-order valence-corrected chi connectivity index (χ4v) is 4.41. The average Bonchev–Trinajstić information content (AvgIpc) is 3.15. The number of carbonyl (C=O) groups is 1. The fraction of sp³-hybridized carbons (Fsp3) is 0.579. The van der Waals surface area contributed by atoms with E-state index in [-0.39, 0.29) is 23.8 Å². The molecule has 4 rings (SSSR count). The largest absolute Gasteiger partial charge is 0.416 e. The molecule has 1 aromatic carbocycles. The molecule has 2 atom stereocenters. The number of benzene rings is 1. The molecule has 0 N–H and O–H groups in total. The maximum absolute atomic E-state index is 12.9. The van der Waals surface area contributed by atoms with Gasteiger partial charge in [0.1, 0.15) is 6.54 Å². The van der Waals surface area contributed by atoms with E-state index in [0.29, 0.717) is 12.0 Å². The van der Waals surface area contributed by atoms with E-state index in [4.69, 9.17) is 0 Å². The molecule has 2 aromatic rings. The summed E-state index contributed by atoms with van der Waals surface area (Å²) in [6.07, 6.45) is 2.34. The molecule has 0 spiro atoms. The van der Waals surface area contributed by atoms with Crippen LogP contribution in [0.5, 0.6) is 0 Å². The van der Waals surface area contributed by atoms with E-state index in [2.05, 4.69) is 15.4 Å². The second-order valence-electron chi connectivity index (χ2n) is 7.56. The minimum Gasteiger partial charge on any atom is -0.338 e. The molecule has 2 fully saturated rings. The number of nitrogens with zero attached hydrogens (tertiary/aromatic N) is 5. The summed E-state index contributed by atoms with van der Waals surface area (Å²) in [5, 5.41) is 11.8. The van der Waals surface area contributed by atoms with Crippen LogP contribution in [-0.2, 0) is 17.5 Å². The first kappa shape index (κ1) is 18.9. The van der Waals surface area contributed by atoms with Crippen molar-refractivity contribution in [3.63, 3.8) is 0 Å². The molecule has 1 aromatic heterocycles. The number of tetrazole rings is 1. The Bertz CT molecular complexity index is 848. The van der Waals surface area contributed by atoms with Crippen molar-refractivity contribution < 1.29 is 18.0 Å². The van der Waals surface area contributed by atoms with Crippen molar-refractivity contribution in [3.05, 3.63) is 29.8 Å². The van der Waals surface area contributed by atoms with Crippen LogP contribution in [0, 0.1) is 5.92 Å². The lowest BCUT2D eigenvalue weighted by Gasteiger charge is -2.44. The Balaban J connectivity index is 1.47. The maximum atomic E-state index is 12.9. The van der Waals surface area contributed by atoms with E-state index in [1.54, 1.807) is 0 Å². The lowest BCUT2D eigenvalue weighted by atomic mass is 9.78. The third-order valence-corrected chi connectivity index (χ3v) is 5.74. The highest BCUT2D eigenvalue weighted by molar-refractivity contribution is 5.76. The molecule has 2 aliphatic rings. The summed E-state index contributed by atoms with van der Waals surface area (Å²) in [5.41, 5.74) is -0.548. The number of likely N-dealkylation sites (tertiary alicyclic amines) is 1. The molecule has 0 radical (unpaired) electrons. The van der Waals surface area contributed by atoms with Gasteiger partial charge in [0.25, 0.3) is 0 Å². The minimum atomic E-state index is -4.44. The third-order valence-electron chi connectivity index (χ3n) is 5.74. The first-order chi connectivity index (χ1) is 13.4. The molecule has 1 aliphatic heterocycles. The van der Waals surface area contributed by atoms with Crippen LogP contribution < -0.4 is 0 Å². The van der Waals surface area contributed by atoms with Gasteiger partial charge in [0.15, 0.2) is 0 Å². The normalized spacial score (nSPS) is 22.8. The SMILES string of the molecule is O=C(Cn1nnc(-c2cccc(C(F)(F)F)c2)n1)N1CCCC2CCCCC21. The van der Waals surface area contributed by atoms with Crippen molar-refractivity contribution in [1.29, 1.82) is 0 Å². The van der Waals surface area contributed by atoms with Gasteiger partial charge in [0, 0.05) is 18.2 Å². The van der Waals surface area contributed by atoms with E-state index < -0.39 is 11.7 Å². The van der Waals surface area contributed by atoms with Crippen molar-refractivity contribution in [2.45, 2.75) is 57.3 Å². The third kappa shape index (κ3) is 3.88. The highest BCUT2D eigenvalue weighted by atomic mass is 19.4. The highest BCUT2D eigenvalue weighted by Crippen LogP contribution is 2.35. The molecule has 2 unspecified atom stereocenters. The number of hydrogen-bond acceptors (Lipinski definition) is 4. The summed E-state index contributed by atoms with van der Waals surface area (Å²) >= 11 is 0. The maximum Gasteiger partial charge on any atom is 0.416 e. The van der Waals surface area contributed by atoms with E-state index in [9.17, 15) is 18.0 Å². The molecule has 1 saturated carbocycles. The van der Waals surface area contributed by atoms with Crippen molar-refractivity contribution in [2.24, 2.45) is 5.92 Å². The second kappa shape index (κ2) is 7.52. The predicted molar refractivity (Wildman–Crippen MR) is 94.9 cm³/mol. The number of halogens is 3. The Hall–Kier alpha value is -2.45. The van der Waals surface area contributed by atoms with Gasteiger partial charge in [-0.15, -0.1) is 10.2 Å². The summed E-state index contributed by atoms with van der Waals surface area (Å²) in [6, 6.07) is 5.08. The smallest absolute Gasteiger partial charge is 0.338 e. The highest BCUT2D eigenvalue weighted by Gasteiger charge is 2.36. The number of rotatable bonds is 3. The summed E-state index contributed by atoms with van der Waals surface area (Å²) in [5.74, 6) is 0.605. The van der Waals surface area contributed by atoms with Crippen molar-refractivity contribution in [2.75, 3.05) is 6.54 Å². The molecule has 28 heavy (non-hydrogen) atoms. The van der Waals surface area contributed by atoms with Crippen LogP contribution in [0.1, 0.15) is 44.1 Å². The Labute approximate surface area is 160 Å². The number of hydrogen-bond donors (Lipinski definition) is 0. The van der Waals surface area contributed by atoms with Gasteiger partial charge in [0.2, 0.25) is 11.7 Å². The lowest BCUT2D eigenvalue weighted by molar-refractivity contribution is -0.139. The zero-order chi connectivity index (χ0) is 19.7. The molecule has 9 heteroatoms. The van der Waals surface area contributed by atoms with Crippen LogP contribution in [0.3, 0.4) is 0 Å². The number of amides is 1. The first-order valence-electron chi connectivity index (χ1n) is 9.67. The van der Waals surface area contributed by atoms with Crippen LogP contribution in [0.25, 0.3) is 11.4 Å². The standard InChI is InChI=1S/C19H22F3N5O/c20-19(21,22)15-8-3-6-14(11-15)18-23-25-27(24-18)12-17(28)26-10-4-7-13-5-1-2-9-16(13)26/h3,6,8,11,13,16H,1-2,4-5,7,9-10,12H2. The number of alkyl halides is 3. The Kier molecular flexibility index (Phi) is 5.07. The molecular weight excluding hydrogens is 371 g/mol. The summed E-state index contributed by atoms with van der Waals surface area (Å²) in [6.45, 7) is 0.699. The van der Waals surface area contributed by atoms with E-state index in [0.717, 1.165) is 37.9 Å². The average molecular weight is 393 g/mol. The fourth-order valence-electron chi connectivity index (χ4n) is 4.41. The predicted octanol–water partition coefficient (Wildman–Crippen LogP) is 3.54. The number of fused-ring (bicyclic) bond motifs is 1. The zero-order valence-corrected chi connectivity index (χ0v) is 15.4. The van der Waals surface area contributed by atoms with E-state index >= 15 is 0 Å². The monoisotopic (exact) mass is 393 g/mol. The molecule has 2 heterocycles. The number of carbonyl (C=O) groups excluding carboxylic acids is 1. The van der Waals surface area contributed by atoms with Crippen LogP contribution in [-0.4, -0.2) is 43.6 Å². The Morgan fingerprint density at radius 1 is 1.14 bits per heavy atom. The van der Waals surface area contributed by atoms with Crippen LogP contribution in [0.4, 0.5) is 13.2 Å². The lowest BCUT2D eigenvalue weighted by Crippen LogP contribution is -2.50. The summed E-state index contributed by atoms with van der Waals surface area (Å²) in [4.78, 5) is 15.9. The van der Waals surface area contributed by atoms with Crippen molar-refractivity contribution in [1.82, 2.24) is 25.1 Å². The number of piperidine rings is 1. The van der Waals surface area contributed by atoms with Gasteiger partial charge >= 0.3 is 6.18 Å². The first-order valence-corrected chi connectivity index (χ1v) is 9.67. The van der Waals surface area contributed by atoms with Crippen LogP contribution >= 0.6 is 0 Å². The van der Waals surface area contributed by atoms with Crippen LogP contribution in [0.2, 0.25) is 0 Å². The van der Waals surface area contributed by atoms with Crippen molar-refractivity contribution >= 4 is 5.91 Å². The molecule has 1 amide bonds. The second-order valence-corrected chi connectivity index (χ2v) is 7.56. The van der Waals surface area contributed by atoms with E-state index in [1.807, 2.05) is 4.90 Å². The quantitative estimate of drug-likeness (QED) is 0.800. The molecule has 150 valence electrons. The molecule has 1 aliphatic carbocycles. The van der Waals surface area contributed by atoms with Gasteiger partial charge in [-0.25, -0.2) is 0 Å². The van der Waals surface area contributed by atoms with Gasteiger partial charge < -0.3 is 4.90 Å². The molecule has 6 nitrogen and oxygen atoms in total. The Morgan fingerprint density at radius 3 is 2.75 bits per heavy atom. The van der Waals surface area contributed by atoms with Crippen LogP contribution in [0.15, 0.2) is 24.3 Å². The van der Waals surface area contributed by atoms with E-state index in [1.165, 1.54) is 36.2 Å². The molecule has 1 saturated heterocycles. The topological polar surface area (TPSA) is 63.9 Å². The summed E-state index contributed by atoms with van der Waals surface area (Å²) < 4.78 is 38.7. The zero-order valence-electron chi connectivity index (χ0n) is 15.4. The van der Waals surface area contributed by atoms with Gasteiger partial charge in [0.05, 0.1) is 5.56 Å². The molecule has 0 bridgehead atoms. The number of aromatic nitrogens is 4. The van der Waals surface area contributed by atoms with Crippen molar-refractivity contribution in [3.8, 4) is 11.4 Å². The van der Waals surface area contributed by atoms with Gasteiger partial charge in [-0.2, -0.15) is 18.0 Å². The summed E-state index contributed by atoms with van der Waals surface area (Å²) in [7, 11) is 0. The van der Waals surface area contributed by atoms with Gasteiger partial charge in [-0.3, -0.25) is 4.79 Å². The van der Waals surface area contributed by atoms with Gasteiger partial charge in [-0.1, -0.05) is 25.0 Å². The Morgan fingerprint density at radius 2 is 1.93 bits per heavy atom.